The average molecular weight is 282 g/mol. The lowest BCUT2D eigenvalue weighted by Crippen LogP contribution is -2.44. The number of aromatic nitrogens is 1. The molecule has 0 aliphatic carbocycles. The maximum absolute atomic E-state index is 2.40. The third-order valence-electron chi connectivity index (χ3n) is 5.23. The zero-order chi connectivity index (χ0) is 15.5. The molecular weight excluding hydrogens is 254 g/mol. The Bertz CT molecular complexity index is 601. The van der Waals surface area contributed by atoms with Crippen molar-refractivity contribution in [2.24, 2.45) is 7.05 Å². The normalized spacial score (nSPS) is 11.7. The number of pyridine rings is 1. The van der Waals surface area contributed by atoms with Crippen molar-refractivity contribution >= 4 is 0 Å². The number of aryl methyl sites for hydroxylation is 1. The minimum absolute atomic E-state index is 0.285. The van der Waals surface area contributed by atoms with E-state index in [9.17, 15) is 0 Å². The highest BCUT2D eigenvalue weighted by Gasteiger charge is 2.34. The highest BCUT2D eigenvalue weighted by molar-refractivity contribution is 5.60. The first kappa shape index (κ1) is 15.8. The summed E-state index contributed by atoms with van der Waals surface area (Å²) in [5, 5.41) is 0. The lowest BCUT2D eigenvalue weighted by molar-refractivity contribution is -0.672. The van der Waals surface area contributed by atoms with Gasteiger partial charge < -0.3 is 0 Å². The second-order valence-corrected chi connectivity index (χ2v) is 6.01. The molecular formula is C20H28N+. The fraction of sp³-hybridized carbons (Fsp3) is 0.450. The molecule has 0 aliphatic heterocycles. The van der Waals surface area contributed by atoms with Crippen LogP contribution in [0.15, 0.2) is 42.5 Å². The van der Waals surface area contributed by atoms with Gasteiger partial charge in [-0.1, -0.05) is 39.0 Å². The Morgan fingerprint density at radius 2 is 1.48 bits per heavy atom. The highest BCUT2D eigenvalue weighted by atomic mass is 15.0. The largest absolute Gasteiger partial charge is 0.212 e. The SMILES string of the molecule is CCC(CC)(CC)c1cccc(-c2ccccc2C)[n+]1C. The molecule has 0 fully saturated rings. The molecule has 0 bridgehead atoms. The summed E-state index contributed by atoms with van der Waals surface area (Å²) in [4.78, 5) is 0. The second-order valence-electron chi connectivity index (χ2n) is 6.01. The molecule has 21 heavy (non-hydrogen) atoms. The first-order valence-corrected chi connectivity index (χ1v) is 8.15. The van der Waals surface area contributed by atoms with Gasteiger partial charge in [0.15, 0.2) is 5.69 Å². The Balaban J connectivity index is 2.64. The van der Waals surface area contributed by atoms with Crippen LogP contribution in [0.3, 0.4) is 0 Å². The first-order chi connectivity index (χ1) is 10.1. The summed E-state index contributed by atoms with van der Waals surface area (Å²) in [6, 6.07) is 15.4. The first-order valence-electron chi connectivity index (χ1n) is 8.15. The van der Waals surface area contributed by atoms with Gasteiger partial charge in [-0.15, -0.1) is 0 Å². The van der Waals surface area contributed by atoms with Crippen LogP contribution in [0.5, 0.6) is 0 Å². The number of rotatable bonds is 5. The Labute approximate surface area is 129 Å². The average Bonchev–Trinajstić information content (AvgIpc) is 2.52. The van der Waals surface area contributed by atoms with Crippen LogP contribution in [0.2, 0.25) is 0 Å². The van der Waals surface area contributed by atoms with Gasteiger partial charge in [0.1, 0.15) is 7.05 Å². The van der Waals surface area contributed by atoms with E-state index in [0.717, 1.165) is 0 Å². The van der Waals surface area contributed by atoms with Crippen molar-refractivity contribution in [1.29, 1.82) is 0 Å². The van der Waals surface area contributed by atoms with Gasteiger partial charge in [-0.05, 0) is 43.9 Å². The van der Waals surface area contributed by atoms with Crippen LogP contribution in [0.25, 0.3) is 11.3 Å². The Morgan fingerprint density at radius 1 is 0.857 bits per heavy atom. The van der Waals surface area contributed by atoms with Gasteiger partial charge in [0.2, 0.25) is 5.69 Å². The molecule has 0 aliphatic rings. The van der Waals surface area contributed by atoms with E-state index in [1.165, 1.54) is 41.8 Å². The van der Waals surface area contributed by atoms with E-state index in [-0.39, 0.29) is 5.41 Å². The molecule has 0 spiro atoms. The molecule has 0 unspecified atom stereocenters. The van der Waals surface area contributed by atoms with Crippen molar-refractivity contribution in [3.05, 3.63) is 53.7 Å². The summed E-state index contributed by atoms with van der Waals surface area (Å²) in [5.41, 5.74) is 5.72. The molecule has 0 atom stereocenters. The van der Waals surface area contributed by atoms with Gasteiger partial charge in [-0.3, -0.25) is 0 Å². The van der Waals surface area contributed by atoms with Crippen molar-refractivity contribution in [3.8, 4) is 11.3 Å². The number of nitrogens with zero attached hydrogens (tertiary/aromatic N) is 1. The van der Waals surface area contributed by atoms with Gasteiger partial charge in [0, 0.05) is 17.7 Å². The smallest absolute Gasteiger partial charge is 0.198 e. The Kier molecular flexibility index (Phi) is 4.82. The molecule has 0 radical (unpaired) electrons. The van der Waals surface area contributed by atoms with Crippen LogP contribution in [0, 0.1) is 6.92 Å². The molecule has 1 aromatic carbocycles. The lowest BCUT2D eigenvalue weighted by Gasteiger charge is -2.28. The van der Waals surface area contributed by atoms with Crippen LogP contribution >= 0.6 is 0 Å². The predicted molar refractivity (Wildman–Crippen MR) is 90.3 cm³/mol. The number of benzene rings is 1. The van der Waals surface area contributed by atoms with E-state index in [1.54, 1.807) is 0 Å². The molecule has 0 amide bonds. The zero-order valence-electron chi connectivity index (χ0n) is 14.1. The standard InChI is InChI=1S/C20H28N/c1-6-20(7-2,8-3)19-15-11-14-18(21(19)5)17-13-10-9-12-16(17)4/h9-15H,6-8H2,1-5H3/q+1. The van der Waals surface area contributed by atoms with Crippen molar-refractivity contribution in [1.82, 2.24) is 0 Å². The molecule has 112 valence electrons. The molecule has 0 saturated heterocycles. The van der Waals surface area contributed by atoms with Crippen LogP contribution < -0.4 is 4.57 Å². The molecule has 1 heterocycles. The van der Waals surface area contributed by atoms with E-state index < -0.39 is 0 Å². The van der Waals surface area contributed by atoms with Crippen molar-refractivity contribution in [2.75, 3.05) is 0 Å². The van der Waals surface area contributed by atoms with Gasteiger partial charge in [-0.25, -0.2) is 0 Å². The third-order valence-corrected chi connectivity index (χ3v) is 5.23. The quantitative estimate of drug-likeness (QED) is 0.683. The van der Waals surface area contributed by atoms with E-state index in [4.69, 9.17) is 0 Å². The van der Waals surface area contributed by atoms with Gasteiger partial charge in [0.05, 0.1) is 5.41 Å². The summed E-state index contributed by atoms with van der Waals surface area (Å²) in [7, 11) is 2.22. The number of hydrogen-bond donors (Lipinski definition) is 0. The summed E-state index contributed by atoms with van der Waals surface area (Å²) in [6.07, 6.45) is 3.56. The molecule has 1 aromatic heterocycles. The summed E-state index contributed by atoms with van der Waals surface area (Å²) in [6.45, 7) is 9.13. The van der Waals surface area contributed by atoms with E-state index in [0.29, 0.717) is 0 Å². The second kappa shape index (κ2) is 6.43. The molecule has 0 N–H and O–H groups in total. The fourth-order valence-electron chi connectivity index (χ4n) is 3.54. The van der Waals surface area contributed by atoms with Gasteiger partial charge in [-0.2, -0.15) is 4.57 Å². The summed E-state index contributed by atoms with van der Waals surface area (Å²) < 4.78 is 2.40. The highest BCUT2D eigenvalue weighted by Crippen LogP contribution is 2.34. The molecule has 1 nitrogen and oxygen atoms in total. The Hall–Kier alpha value is -1.63. The van der Waals surface area contributed by atoms with Gasteiger partial charge in [0.25, 0.3) is 0 Å². The van der Waals surface area contributed by atoms with E-state index in [1.807, 2.05) is 0 Å². The van der Waals surface area contributed by atoms with Crippen molar-refractivity contribution in [3.63, 3.8) is 0 Å². The van der Waals surface area contributed by atoms with E-state index in [2.05, 4.69) is 81.8 Å². The molecule has 1 heteroatoms. The monoisotopic (exact) mass is 282 g/mol. The summed E-state index contributed by atoms with van der Waals surface area (Å²) in [5.74, 6) is 0. The zero-order valence-corrected chi connectivity index (χ0v) is 14.1. The predicted octanol–water partition coefficient (Wildman–Crippen LogP) is 4.95. The van der Waals surface area contributed by atoms with Crippen LogP contribution in [0.1, 0.15) is 51.3 Å². The van der Waals surface area contributed by atoms with Crippen LogP contribution in [0.4, 0.5) is 0 Å². The Morgan fingerprint density at radius 3 is 2.05 bits per heavy atom. The van der Waals surface area contributed by atoms with Crippen molar-refractivity contribution < 1.29 is 4.57 Å². The fourth-order valence-corrected chi connectivity index (χ4v) is 3.54. The maximum Gasteiger partial charge on any atom is 0.212 e. The van der Waals surface area contributed by atoms with Gasteiger partial charge >= 0.3 is 0 Å². The molecule has 0 saturated carbocycles. The molecule has 2 rings (SSSR count). The third kappa shape index (κ3) is 2.74. The topological polar surface area (TPSA) is 3.88 Å². The van der Waals surface area contributed by atoms with Crippen LogP contribution in [-0.4, -0.2) is 0 Å². The summed E-state index contributed by atoms with van der Waals surface area (Å²) >= 11 is 0. The minimum Gasteiger partial charge on any atom is -0.198 e. The molecule has 2 aromatic rings. The number of hydrogen-bond acceptors (Lipinski definition) is 0. The van der Waals surface area contributed by atoms with Crippen LogP contribution in [-0.2, 0) is 12.5 Å². The van der Waals surface area contributed by atoms with E-state index >= 15 is 0 Å². The maximum atomic E-state index is 2.40. The lowest BCUT2D eigenvalue weighted by atomic mass is 9.76. The minimum atomic E-state index is 0.285. The van der Waals surface area contributed by atoms with Crippen molar-refractivity contribution in [2.45, 2.75) is 52.4 Å².